The number of aryl methyl sites for hydroxylation is 1. The van der Waals surface area contributed by atoms with E-state index >= 15 is 0 Å². The van der Waals surface area contributed by atoms with E-state index in [1.807, 2.05) is 50.2 Å². The van der Waals surface area contributed by atoms with Crippen molar-refractivity contribution in [3.05, 3.63) is 81.9 Å². The van der Waals surface area contributed by atoms with Crippen molar-refractivity contribution in [2.45, 2.75) is 33.6 Å². The van der Waals surface area contributed by atoms with Gasteiger partial charge in [0.05, 0.1) is 21.7 Å². The van der Waals surface area contributed by atoms with Crippen LogP contribution < -0.4 is 0 Å². The molecule has 4 rings (SSSR count). The highest BCUT2D eigenvalue weighted by molar-refractivity contribution is 6.10. The number of nitrogens with zero attached hydrogens (tertiary/aromatic N) is 3. The van der Waals surface area contributed by atoms with Crippen LogP contribution in [0.4, 0.5) is 5.69 Å². The first-order valence-electron chi connectivity index (χ1n) is 10.4. The number of aromatic nitrogens is 1. The molecule has 0 aliphatic rings. The number of nitro groups is 1. The van der Waals surface area contributed by atoms with E-state index in [1.54, 1.807) is 12.1 Å². The van der Waals surface area contributed by atoms with Gasteiger partial charge in [-0.3, -0.25) is 10.1 Å². The Morgan fingerprint density at radius 3 is 2.50 bits per heavy atom. The lowest BCUT2D eigenvalue weighted by Gasteiger charge is -2.13. The smallest absolute Gasteiger partial charge is 0.318 e. The molecule has 0 saturated heterocycles. The summed E-state index contributed by atoms with van der Waals surface area (Å²) in [7, 11) is 0. The number of carbonyl (C=O) groups is 1. The van der Waals surface area contributed by atoms with E-state index in [1.165, 1.54) is 13.0 Å². The summed E-state index contributed by atoms with van der Waals surface area (Å²) >= 11 is 0. The molecule has 162 valence electrons. The number of para-hydroxylation sites is 1. The fourth-order valence-corrected chi connectivity index (χ4v) is 4.05. The molecule has 0 bridgehead atoms. The van der Waals surface area contributed by atoms with Crippen LogP contribution in [0.2, 0.25) is 0 Å². The molecule has 0 fully saturated rings. The zero-order valence-electron chi connectivity index (χ0n) is 18.2. The lowest BCUT2D eigenvalue weighted by atomic mass is 10.00. The van der Waals surface area contributed by atoms with Crippen LogP contribution in [-0.2, 0) is 9.63 Å². The minimum absolute atomic E-state index is 0.0674. The monoisotopic (exact) mass is 429 g/mol. The first kappa shape index (κ1) is 21.2. The predicted octanol–water partition coefficient (Wildman–Crippen LogP) is 6.07. The molecule has 0 amide bonds. The van der Waals surface area contributed by atoms with Crippen LogP contribution in [0.5, 0.6) is 0 Å². The van der Waals surface area contributed by atoms with Gasteiger partial charge in [0.1, 0.15) is 0 Å². The van der Waals surface area contributed by atoms with Gasteiger partial charge >= 0.3 is 5.97 Å². The molecule has 1 aromatic heterocycles. The predicted molar refractivity (Wildman–Crippen MR) is 125 cm³/mol. The third kappa shape index (κ3) is 3.85. The van der Waals surface area contributed by atoms with Gasteiger partial charge in [-0.05, 0) is 43.2 Å². The number of hydrogen-bond donors (Lipinski definition) is 0. The molecule has 7 nitrogen and oxygen atoms in total. The number of benzene rings is 3. The van der Waals surface area contributed by atoms with Gasteiger partial charge in [0.2, 0.25) is 0 Å². The zero-order valence-corrected chi connectivity index (χ0v) is 18.2. The molecule has 3 aromatic carbocycles. The molecular formula is C25H23N3O4. The van der Waals surface area contributed by atoms with Crippen LogP contribution in [0, 0.1) is 17.0 Å². The van der Waals surface area contributed by atoms with Gasteiger partial charge in [-0.15, -0.1) is 0 Å². The Morgan fingerprint density at radius 1 is 1.06 bits per heavy atom. The van der Waals surface area contributed by atoms with Crippen LogP contribution in [0.15, 0.2) is 65.8 Å². The second kappa shape index (κ2) is 8.63. The fraction of sp³-hybridized carbons (Fsp3) is 0.200. The molecule has 0 aliphatic carbocycles. The van der Waals surface area contributed by atoms with E-state index in [-0.39, 0.29) is 10.6 Å². The molecular weight excluding hydrogens is 406 g/mol. The maximum Gasteiger partial charge on any atom is 0.331 e. The maximum atomic E-state index is 11.3. The fourth-order valence-electron chi connectivity index (χ4n) is 4.05. The second-order valence-electron chi connectivity index (χ2n) is 7.68. The van der Waals surface area contributed by atoms with E-state index in [2.05, 4.69) is 15.8 Å². The van der Waals surface area contributed by atoms with Gasteiger partial charge < -0.3 is 9.40 Å². The largest absolute Gasteiger partial charge is 0.331 e. The Balaban J connectivity index is 1.89. The Bertz CT molecular complexity index is 1380. The number of oxime groups is 1. The van der Waals surface area contributed by atoms with Gasteiger partial charge in [0.25, 0.3) is 5.69 Å². The average Bonchev–Trinajstić information content (AvgIpc) is 3.10. The van der Waals surface area contributed by atoms with Crippen molar-refractivity contribution >= 4 is 39.2 Å². The summed E-state index contributed by atoms with van der Waals surface area (Å²) in [4.78, 5) is 27.1. The summed E-state index contributed by atoms with van der Waals surface area (Å²) < 4.78 is 2.11. The van der Waals surface area contributed by atoms with Gasteiger partial charge in [0.15, 0.2) is 0 Å². The Labute approximate surface area is 185 Å². The lowest BCUT2D eigenvalue weighted by Crippen LogP contribution is -2.07. The summed E-state index contributed by atoms with van der Waals surface area (Å²) in [5, 5.41) is 17.2. The van der Waals surface area contributed by atoms with Crippen molar-refractivity contribution in [1.29, 1.82) is 0 Å². The van der Waals surface area contributed by atoms with E-state index in [9.17, 15) is 14.9 Å². The summed E-state index contributed by atoms with van der Waals surface area (Å²) in [6, 6.07) is 18.9. The molecule has 4 aromatic rings. The summed E-state index contributed by atoms with van der Waals surface area (Å²) in [6.07, 6.45) is 1.56. The van der Waals surface area contributed by atoms with Crippen molar-refractivity contribution < 1.29 is 14.6 Å². The number of hydrogen-bond acceptors (Lipinski definition) is 5. The molecule has 0 spiro atoms. The minimum Gasteiger partial charge on any atom is -0.318 e. The highest BCUT2D eigenvalue weighted by Gasteiger charge is 2.17. The van der Waals surface area contributed by atoms with Gasteiger partial charge in [-0.2, -0.15) is 0 Å². The molecule has 0 aliphatic heterocycles. The first-order valence-corrected chi connectivity index (χ1v) is 10.4. The van der Waals surface area contributed by atoms with Crippen LogP contribution in [0.3, 0.4) is 0 Å². The molecule has 1 heterocycles. The molecule has 0 atom stereocenters. The Morgan fingerprint density at radius 2 is 1.81 bits per heavy atom. The Hall–Kier alpha value is -4.00. The highest BCUT2D eigenvalue weighted by atomic mass is 16.7. The van der Waals surface area contributed by atoms with E-state index in [4.69, 9.17) is 4.84 Å². The standard InChI is InChI=1S/C25H23N3O4/c1-4-7-23(26-32-17(3)29)20-12-10-18(14-16(20)2)27-24-9-6-5-8-21(24)22-15-19(28(30)31)11-13-25(22)27/h5-6,8-15H,4,7H2,1-3H3/b26-23-. The lowest BCUT2D eigenvalue weighted by molar-refractivity contribution is -0.384. The number of rotatable bonds is 6. The van der Waals surface area contributed by atoms with Gasteiger partial charge in [-0.1, -0.05) is 42.8 Å². The highest BCUT2D eigenvalue weighted by Crippen LogP contribution is 2.34. The van der Waals surface area contributed by atoms with Crippen LogP contribution in [-0.4, -0.2) is 21.2 Å². The molecule has 32 heavy (non-hydrogen) atoms. The number of nitro benzene ring substituents is 1. The summed E-state index contributed by atoms with van der Waals surface area (Å²) in [6.45, 7) is 5.37. The number of carbonyl (C=O) groups excluding carboxylic acids is 1. The Kier molecular flexibility index (Phi) is 5.73. The maximum absolute atomic E-state index is 11.3. The van der Waals surface area contributed by atoms with Gasteiger partial charge in [0, 0.05) is 41.1 Å². The number of non-ortho nitro benzene ring substituents is 1. The van der Waals surface area contributed by atoms with E-state index in [0.29, 0.717) is 6.42 Å². The zero-order chi connectivity index (χ0) is 22.8. The van der Waals surface area contributed by atoms with Crippen LogP contribution >= 0.6 is 0 Å². The van der Waals surface area contributed by atoms with Crippen molar-refractivity contribution in [2.24, 2.45) is 5.16 Å². The van der Waals surface area contributed by atoms with Crippen molar-refractivity contribution in [3.8, 4) is 5.69 Å². The average molecular weight is 429 g/mol. The van der Waals surface area contributed by atoms with Crippen LogP contribution in [0.25, 0.3) is 27.5 Å². The topological polar surface area (TPSA) is 86.7 Å². The second-order valence-corrected chi connectivity index (χ2v) is 7.68. The number of fused-ring (bicyclic) bond motifs is 3. The summed E-state index contributed by atoms with van der Waals surface area (Å²) in [5.41, 5.74) is 5.52. The van der Waals surface area contributed by atoms with Crippen molar-refractivity contribution in [2.75, 3.05) is 0 Å². The first-order chi connectivity index (χ1) is 15.4. The quantitative estimate of drug-likeness (QED) is 0.161. The normalized spacial score (nSPS) is 11.8. The van der Waals surface area contributed by atoms with Crippen molar-refractivity contribution in [3.63, 3.8) is 0 Å². The molecule has 0 N–H and O–H groups in total. The minimum atomic E-state index is -0.452. The molecule has 0 radical (unpaired) electrons. The third-order valence-corrected chi connectivity index (χ3v) is 5.42. The molecule has 0 unspecified atom stereocenters. The molecule has 0 saturated carbocycles. The summed E-state index contributed by atoms with van der Waals surface area (Å²) in [5.74, 6) is -0.452. The van der Waals surface area contributed by atoms with E-state index < -0.39 is 5.97 Å². The van der Waals surface area contributed by atoms with E-state index in [0.717, 1.165) is 50.8 Å². The van der Waals surface area contributed by atoms with Crippen LogP contribution in [0.1, 0.15) is 37.8 Å². The third-order valence-electron chi connectivity index (χ3n) is 5.42. The molecule has 7 heteroatoms. The van der Waals surface area contributed by atoms with Crippen molar-refractivity contribution in [1.82, 2.24) is 4.57 Å². The van der Waals surface area contributed by atoms with Gasteiger partial charge in [-0.25, -0.2) is 4.79 Å². The SMILES string of the molecule is CCC/C(=N/OC(C)=O)c1ccc(-n2c3ccccc3c3cc([N+](=O)[O-])ccc32)cc1C.